The van der Waals surface area contributed by atoms with Crippen LogP contribution >= 0.6 is 0 Å². The molecule has 1 saturated heterocycles. The monoisotopic (exact) mass is 269 g/mol. The number of carbonyl (C=O) groups is 1. The maximum absolute atomic E-state index is 12.1. The average molecular weight is 269 g/mol. The molecule has 0 aromatic rings. The fraction of sp³-hybridized carbons (Fsp3) is 0.933. The quantitative estimate of drug-likeness (QED) is 0.616. The van der Waals surface area contributed by atoms with E-state index in [1.807, 2.05) is 0 Å². The molecular weight excluding hydrogens is 238 g/mol. The zero-order valence-corrected chi connectivity index (χ0v) is 13.0. The van der Waals surface area contributed by atoms with Crippen LogP contribution in [0.2, 0.25) is 0 Å². The Labute approximate surface area is 118 Å². The van der Waals surface area contributed by atoms with Crippen molar-refractivity contribution in [1.82, 2.24) is 16.0 Å². The molecule has 1 fully saturated rings. The molecular formula is C15H31N3O. The molecule has 2 unspecified atom stereocenters. The SMILES string of the molecule is CCCCCC(C)(C)CNC(=O)C1CNC(C)CN1. The predicted molar refractivity (Wildman–Crippen MR) is 80.2 cm³/mol. The van der Waals surface area contributed by atoms with Gasteiger partial charge in [0, 0.05) is 25.7 Å². The van der Waals surface area contributed by atoms with Crippen molar-refractivity contribution < 1.29 is 4.79 Å². The van der Waals surface area contributed by atoms with Crippen molar-refractivity contribution in [1.29, 1.82) is 0 Å². The van der Waals surface area contributed by atoms with Gasteiger partial charge < -0.3 is 16.0 Å². The van der Waals surface area contributed by atoms with Crippen LogP contribution in [0.3, 0.4) is 0 Å². The van der Waals surface area contributed by atoms with Gasteiger partial charge >= 0.3 is 0 Å². The molecule has 1 amide bonds. The summed E-state index contributed by atoms with van der Waals surface area (Å²) in [6, 6.07) is 0.372. The van der Waals surface area contributed by atoms with E-state index in [0.717, 1.165) is 19.6 Å². The van der Waals surface area contributed by atoms with Crippen LogP contribution in [0.4, 0.5) is 0 Å². The van der Waals surface area contributed by atoms with Crippen molar-refractivity contribution in [2.45, 2.75) is 65.5 Å². The zero-order valence-electron chi connectivity index (χ0n) is 13.0. The Balaban J connectivity index is 2.24. The maximum Gasteiger partial charge on any atom is 0.238 e. The van der Waals surface area contributed by atoms with Crippen LogP contribution in [-0.2, 0) is 4.79 Å². The normalized spacial score (nSPS) is 24.2. The molecule has 4 nitrogen and oxygen atoms in total. The van der Waals surface area contributed by atoms with Gasteiger partial charge in [0.05, 0.1) is 6.04 Å². The molecule has 0 radical (unpaired) electrons. The molecule has 2 atom stereocenters. The van der Waals surface area contributed by atoms with Gasteiger partial charge in [0.25, 0.3) is 0 Å². The fourth-order valence-corrected chi connectivity index (χ4v) is 2.36. The number of unbranched alkanes of at least 4 members (excludes halogenated alkanes) is 2. The summed E-state index contributed by atoms with van der Waals surface area (Å²) in [5.74, 6) is 0.128. The molecule has 1 rings (SSSR count). The summed E-state index contributed by atoms with van der Waals surface area (Å²) < 4.78 is 0. The summed E-state index contributed by atoms with van der Waals surface area (Å²) >= 11 is 0. The number of carbonyl (C=O) groups excluding carboxylic acids is 1. The summed E-state index contributed by atoms with van der Waals surface area (Å²) in [4.78, 5) is 12.1. The van der Waals surface area contributed by atoms with Crippen molar-refractivity contribution in [3.63, 3.8) is 0 Å². The largest absolute Gasteiger partial charge is 0.354 e. The third kappa shape index (κ3) is 6.39. The first-order chi connectivity index (χ1) is 8.94. The van der Waals surface area contributed by atoms with E-state index in [-0.39, 0.29) is 17.4 Å². The highest BCUT2D eigenvalue weighted by molar-refractivity contribution is 5.82. The summed E-state index contributed by atoms with van der Waals surface area (Å²) in [6.07, 6.45) is 4.95. The predicted octanol–water partition coefficient (Wildman–Crippen LogP) is 1.66. The minimum atomic E-state index is -0.0809. The fourth-order valence-electron chi connectivity index (χ4n) is 2.36. The highest BCUT2D eigenvalue weighted by Crippen LogP contribution is 2.22. The van der Waals surface area contributed by atoms with Gasteiger partial charge in [-0.05, 0) is 18.8 Å². The topological polar surface area (TPSA) is 53.2 Å². The van der Waals surface area contributed by atoms with Gasteiger partial charge in [-0.3, -0.25) is 4.79 Å². The van der Waals surface area contributed by atoms with Gasteiger partial charge in [0.1, 0.15) is 0 Å². The maximum atomic E-state index is 12.1. The molecule has 0 bridgehead atoms. The molecule has 0 spiro atoms. The minimum Gasteiger partial charge on any atom is -0.354 e. The van der Waals surface area contributed by atoms with Crippen LogP contribution in [0.15, 0.2) is 0 Å². The van der Waals surface area contributed by atoms with Gasteiger partial charge in [0.15, 0.2) is 0 Å². The Morgan fingerprint density at radius 1 is 1.26 bits per heavy atom. The minimum absolute atomic E-state index is 0.0809. The average Bonchev–Trinajstić information content (AvgIpc) is 2.37. The van der Waals surface area contributed by atoms with E-state index in [9.17, 15) is 4.79 Å². The van der Waals surface area contributed by atoms with Crippen molar-refractivity contribution in [3.8, 4) is 0 Å². The van der Waals surface area contributed by atoms with Crippen LogP contribution in [0.25, 0.3) is 0 Å². The van der Waals surface area contributed by atoms with E-state index >= 15 is 0 Å². The van der Waals surface area contributed by atoms with E-state index in [1.54, 1.807) is 0 Å². The number of hydrogen-bond donors (Lipinski definition) is 3. The lowest BCUT2D eigenvalue weighted by atomic mass is 9.87. The Kier molecular flexibility index (Phi) is 6.80. The van der Waals surface area contributed by atoms with Gasteiger partial charge in [0.2, 0.25) is 5.91 Å². The Hall–Kier alpha value is -0.610. The van der Waals surface area contributed by atoms with Crippen molar-refractivity contribution in [2.24, 2.45) is 5.41 Å². The second-order valence-electron chi connectivity index (χ2n) is 6.61. The number of piperazine rings is 1. The van der Waals surface area contributed by atoms with Gasteiger partial charge in [-0.2, -0.15) is 0 Å². The molecule has 19 heavy (non-hydrogen) atoms. The third-order valence-electron chi connectivity index (χ3n) is 3.86. The molecule has 1 aliphatic rings. The lowest BCUT2D eigenvalue weighted by Crippen LogP contribution is -2.59. The Bertz CT molecular complexity index is 271. The highest BCUT2D eigenvalue weighted by atomic mass is 16.2. The number of rotatable bonds is 7. The molecule has 0 aromatic heterocycles. The Morgan fingerprint density at radius 3 is 2.58 bits per heavy atom. The molecule has 0 aliphatic carbocycles. The van der Waals surface area contributed by atoms with Gasteiger partial charge in [-0.1, -0.05) is 40.0 Å². The molecule has 1 aliphatic heterocycles. The van der Waals surface area contributed by atoms with Crippen molar-refractivity contribution in [3.05, 3.63) is 0 Å². The molecule has 0 aromatic carbocycles. The first-order valence-corrected chi connectivity index (χ1v) is 7.69. The van der Waals surface area contributed by atoms with Crippen molar-refractivity contribution >= 4 is 5.91 Å². The van der Waals surface area contributed by atoms with Crippen LogP contribution < -0.4 is 16.0 Å². The number of nitrogens with one attached hydrogen (secondary N) is 3. The van der Waals surface area contributed by atoms with Crippen molar-refractivity contribution in [2.75, 3.05) is 19.6 Å². The Morgan fingerprint density at radius 2 is 2.00 bits per heavy atom. The number of amides is 1. The van der Waals surface area contributed by atoms with Crippen LogP contribution in [0.5, 0.6) is 0 Å². The van der Waals surface area contributed by atoms with E-state index < -0.39 is 0 Å². The second-order valence-corrected chi connectivity index (χ2v) is 6.61. The highest BCUT2D eigenvalue weighted by Gasteiger charge is 2.25. The standard InChI is InChI=1S/C15H31N3O/c1-5-6-7-8-15(3,4)11-18-14(19)13-10-16-12(2)9-17-13/h12-13,16-17H,5-11H2,1-4H3,(H,18,19). The van der Waals surface area contributed by atoms with Gasteiger partial charge in [-0.15, -0.1) is 0 Å². The lowest BCUT2D eigenvalue weighted by Gasteiger charge is -2.30. The van der Waals surface area contributed by atoms with E-state index in [2.05, 4.69) is 43.6 Å². The second kappa shape index (κ2) is 7.85. The van der Waals surface area contributed by atoms with E-state index in [0.29, 0.717) is 6.04 Å². The smallest absolute Gasteiger partial charge is 0.238 e. The molecule has 3 N–H and O–H groups in total. The van der Waals surface area contributed by atoms with Crippen LogP contribution in [0, 0.1) is 5.41 Å². The lowest BCUT2D eigenvalue weighted by molar-refractivity contribution is -0.123. The summed E-state index contributed by atoms with van der Waals surface area (Å²) in [5.41, 5.74) is 0.195. The third-order valence-corrected chi connectivity index (χ3v) is 3.86. The zero-order chi connectivity index (χ0) is 14.3. The summed E-state index contributed by atoms with van der Waals surface area (Å²) in [5, 5.41) is 9.70. The van der Waals surface area contributed by atoms with Gasteiger partial charge in [-0.25, -0.2) is 0 Å². The summed E-state index contributed by atoms with van der Waals surface area (Å²) in [7, 11) is 0. The molecule has 0 saturated carbocycles. The molecule has 112 valence electrons. The molecule has 1 heterocycles. The first kappa shape index (κ1) is 16.4. The first-order valence-electron chi connectivity index (χ1n) is 7.69. The van der Waals surface area contributed by atoms with Crippen LogP contribution in [0.1, 0.15) is 53.4 Å². The van der Waals surface area contributed by atoms with E-state index in [4.69, 9.17) is 0 Å². The molecule has 4 heteroatoms. The van der Waals surface area contributed by atoms with E-state index in [1.165, 1.54) is 25.7 Å². The number of hydrogen-bond acceptors (Lipinski definition) is 3. The van der Waals surface area contributed by atoms with Crippen LogP contribution in [-0.4, -0.2) is 37.6 Å². The summed E-state index contributed by atoms with van der Waals surface area (Å²) in [6.45, 7) is 11.2.